The molecule has 1 nitrogen and oxygen atoms in total. The van der Waals surface area contributed by atoms with Gasteiger partial charge in [-0.15, -0.1) is 0 Å². The third kappa shape index (κ3) is 5.19. The van der Waals surface area contributed by atoms with Crippen LogP contribution in [0, 0.1) is 20.8 Å². The zero-order valence-corrected chi connectivity index (χ0v) is 14.4. The number of hydrogen-bond donors (Lipinski definition) is 1. The zero-order chi connectivity index (χ0) is 14.6. The van der Waals surface area contributed by atoms with Gasteiger partial charge in [-0.1, -0.05) is 43.0 Å². The topological polar surface area (TPSA) is 12.0 Å². The Kier molecular flexibility index (Phi) is 5.94. The lowest BCUT2D eigenvalue weighted by Crippen LogP contribution is -2.23. The van der Waals surface area contributed by atoms with E-state index in [2.05, 4.69) is 65.3 Å². The van der Waals surface area contributed by atoms with E-state index in [9.17, 15) is 0 Å². The first-order valence-corrected chi connectivity index (χ1v) is 8.07. The van der Waals surface area contributed by atoms with E-state index in [-0.39, 0.29) is 4.75 Å². The maximum Gasteiger partial charge on any atom is 0.0426 e. The molecule has 0 heterocycles. The molecule has 1 rings (SSSR count). The molecule has 0 aliphatic rings. The Bertz CT molecular complexity index is 395. The maximum absolute atomic E-state index is 3.69. The van der Waals surface area contributed by atoms with Crippen molar-refractivity contribution in [3.8, 4) is 0 Å². The van der Waals surface area contributed by atoms with Crippen molar-refractivity contribution in [3.63, 3.8) is 0 Å². The number of aryl methyl sites for hydroxylation is 3. The highest BCUT2D eigenvalue weighted by molar-refractivity contribution is 7.98. The van der Waals surface area contributed by atoms with E-state index in [1.54, 1.807) is 0 Å². The van der Waals surface area contributed by atoms with E-state index in [4.69, 9.17) is 0 Å². The SMILES string of the molecule is CCCC(NSC(C)(C)C)c1c(C)cc(C)cc1C. The molecule has 0 aromatic heterocycles. The summed E-state index contributed by atoms with van der Waals surface area (Å²) in [5.41, 5.74) is 5.68. The molecule has 0 bridgehead atoms. The molecule has 0 spiro atoms. The van der Waals surface area contributed by atoms with Crippen LogP contribution < -0.4 is 4.72 Å². The van der Waals surface area contributed by atoms with Gasteiger partial charge in [-0.3, -0.25) is 4.72 Å². The van der Waals surface area contributed by atoms with Gasteiger partial charge in [0.15, 0.2) is 0 Å². The first-order chi connectivity index (χ1) is 8.74. The van der Waals surface area contributed by atoms with Crippen LogP contribution in [0.1, 0.15) is 68.8 Å². The molecule has 0 saturated carbocycles. The Balaban J connectivity index is 2.99. The molecule has 0 amide bonds. The van der Waals surface area contributed by atoms with Crippen LogP contribution in [0.25, 0.3) is 0 Å². The molecule has 1 atom stereocenters. The molecule has 0 saturated heterocycles. The molecule has 1 aromatic carbocycles. The average molecular weight is 279 g/mol. The largest absolute Gasteiger partial charge is 0.256 e. The van der Waals surface area contributed by atoms with Gasteiger partial charge in [0.05, 0.1) is 0 Å². The predicted molar refractivity (Wildman–Crippen MR) is 88.8 cm³/mol. The fourth-order valence-electron chi connectivity index (χ4n) is 2.54. The maximum atomic E-state index is 3.69. The molecule has 1 N–H and O–H groups in total. The van der Waals surface area contributed by atoms with Crippen LogP contribution in [0.5, 0.6) is 0 Å². The monoisotopic (exact) mass is 279 g/mol. The minimum absolute atomic E-state index is 0.249. The molecular formula is C17H29NS. The summed E-state index contributed by atoms with van der Waals surface area (Å²) in [7, 11) is 0. The van der Waals surface area contributed by atoms with Crippen molar-refractivity contribution in [2.75, 3.05) is 0 Å². The van der Waals surface area contributed by atoms with E-state index < -0.39 is 0 Å². The Labute approximate surface area is 123 Å². The van der Waals surface area contributed by atoms with Crippen molar-refractivity contribution < 1.29 is 0 Å². The van der Waals surface area contributed by atoms with Crippen LogP contribution >= 0.6 is 11.9 Å². The van der Waals surface area contributed by atoms with Gasteiger partial charge in [0.25, 0.3) is 0 Å². The lowest BCUT2D eigenvalue weighted by Gasteiger charge is -2.27. The molecular weight excluding hydrogens is 250 g/mol. The third-order valence-electron chi connectivity index (χ3n) is 3.17. The van der Waals surface area contributed by atoms with Crippen molar-refractivity contribution in [2.24, 2.45) is 0 Å². The second-order valence-corrected chi connectivity index (χ2v) is 8.15. The average Bonchev–Trinajstić information content (AvgIpc) is 2.23. The molecule has 108 valence electrons. The van der Waals surface area contributed by atoms with Crippen LogP contribution in [0.2, 0.25) is 0 Å². The second kappa shape index (κ2) is 6.81. The van der Waals surface area contributed by atoms with Gasteiger partial charge in [0.2, 0.25) is 0 Å². The van der Waals surface area contributed by atoms with Crippen LogP contribution in [0.3, 0.4) is 0 Å². The van der Waals surface area contributed by atoms with Crippen LogP contribution in [-0.2, 0) is 0 Å². The Morgan fingerprint density at radius 1 is 1.11 bits per heavy atom. The zero-order valence-electron chi connectivity index (χ0n) is 13.6. The van der Waals surface area contributed by atoms with Crippen molar-refractivity contribution >= 4 is 11.9 Å². The van der Waals surface area contributed by atoms with E-state index >= 15 is 0 Å². The van der Waals surface area contributed by atoms with E-state index in [0.717, 1.165) is 0 Å². The van der Waals surface area contributed by atoms with Crippen molar-refractivity contribution in [1.29, 1.82) is 0 Å². The summed E-state index contributed by atoms with van der Waals surface area (Å²) in [6.07, 6.45) is 2.39. The molecule has 0 radical (unpaired) electrons. The number of hydrogen-bond acceptors (Lipinski definition) is 2. The van der Waals surface area contributed by atoms with E-state index in [1.807, 2.05) is 11.9 Å². The number of benzene rings is 1. The second-order valence-electron chi connectivity index (χ2n) is 6.49. The fourth-order valence-corrected chi connectivity index (χ4v) is 3.27. The third-order valence-corrected chi connectivity index (χ3v) is 4.19. The van der Waals surface area contributed by atoms with Crippen molar-refractivity contribution in [2.45, 2.75) is 72.1 Å². The predicted octanol–water partition coefficient (Wildman–Crippen LogP) is 5.49. The summed E-state index contributed by atoms with van der Waals surface area (Å²) in [5.74, 6) is 0. The normalized spacial score (nSPS) is 13.6. The minimum Gasteiger partial charge on any atom is -0.256 e. The summed E-state index contributed by atoms with van der Waals surface area (Å²) in [5, 5.41) is 0. The van der Waals surface area contributed by atoms with Gasteiger partial charge < -0.3 is 0 Å². The van der Waals surface area contributed by atoms with Gasteiger partial charge in [-0.05, 0) is 64.7 Å². The molecule has 0 fully saturated rings. The van der Waals surface area contributed by atoms with E-state index in [1.165, 1.54) is 35.1 Å². The van der Waals surface area contributed by atoms with Gasteiger partial charge >= 0.3 is 0 Å². The summed E-state index contributed by atoms with van der Waals surface area (Å²) >= 11 is 1.85. The molecule has 0 aliphatic heterocycles. The Morgan fingerprint density at radius 2 is 1.63 bits per heavy atom. The fraction of sp³-hybridized carbons (Fsp3) is 0.647. The summed E-state index contributed by atoms with van der Waals surface area (Å²) in [6.45, 7) is 15.7. The van der Waals surface area contributed by atoms with Crippen LogP contribution in [0.15, 0.2) is 12.1 Å². The van der Waals surface area contributed by atoms with Crippen LogP contribution in [0.4, 0.5) is 0 Å². The number of nitrogens with one attached hydrogen (secondary N) is 1. The molecule has 2 heteroatoms. The van der Waals surface area contributed by atoms with Crippen molar-refractivity contribution in [1.82, 2.24) is 4.72 Å². The first-order valence-electron chi connectivity index (χ1n) is 7.26. The molecule has 0 aliphatic carbocycles. The van der Waals surface area contributed by atoms with E-state index in [0.29, 0.717) is 6.04 Å². The minimum atomic E-state index is 0.249. The summed E-state index contributed by atoms with van der Waals surface area (Å²) in [4.78, 5) is 0. The summed E-state index contributed by atoms with van der Waals surface area (Å²) < 4.78 is 3.94. The van der Waals surface area contributed by atoms with Gasteiger partial charge in [-0.25, -0.2) is 0 Å². The number of rotatable bonds is 5. The Hall–Kier alpha value is -0.470. The Morgan fingerprint density at radius 3 is 2.05 bits per heavy atom. The quantitative estimate of drug-likeness (QED) is 0.715. The molecule has 1 unspecified atom stereocenters. The smallest absolute Gasteiger partial charge is 0.0426 e. The lowest BCUT2D eigenvalue weighted by molar-refractivity contribution is 0.590. The highest BCUT2D eigenvalue weighted by atomic mass is 32.2. The standard InChI is InChI=1S/C17H29NS/c1-8-9-15(18-19-17(5,6)7)16-13(3)10-12(2)11-14(16)4/h10-11,15,18H,8-9H2,1-7H3. The lowest BCUT2D eigenvalue weighted by atomic mass is 9.92. The van der Waals surface area contributed by atoms with Gasteiger partial charge in [0, 0.05) is 10.8 Å². The van der Waals surface area contributed by atoms with Gasteiger partial charge in [0.1, 0.15) is 0 Å². The van der Waals surface area contributed by atoms with Crippen LogP contribution in [-0.4, -0.2) is 4.75 Å². The molecule has 1 aromatic rings. The van der Waals surface area contributed by atoms with Crippen molar-refractivity contribution in [3.05, 3.63) is 34.4 Å². The highest BCUT2D eigenvalue weighted by Crippen LogP contribution is 2.31. The summed E-state index contributed by atoms with van der Waals surface area (Å²) in [6, 6.07) is 5.05. The molecule has 19 heavy (non-hydrogen) atoms. The highest BCUT2D eigenvalue weighted by Gasteiger charge is 2.19. The first kappa shape index (κ1) is 16.6. The van der Waals surface area contributed by atoms with Gasteiger partial charge in [-0.2, -0.15) is 0 Å².